The van der Waals surface area contributed by atoms with Crippen LogP contribution in [0, 0.1) is 12.7 Å². The molecule has 0 bridgehead atoms. The zero-order chi connectivity index (χ0) is 31.2. The quantitative estimate of drug-likeness (QED) is 0.199. The van der Waals surface area contributed by atoms with Crippen LogP contribution in [0.3, 0.4) is 0 Å². The number of hydrogen-bond donors (Lipinski definition) is 0. The van der Waals surface area contributed by atoms with Gasteiger partial charge in [0.1, 0.15) is 24.7 Å². The zero-order valence-electron chi connectivity index (χ0n) is 24.9. The first-order chi connectivity index (χ1) is 21.3. The van der Waals surface area contributed by atoms with Crippen LogP contribution in [0.1, 0.15) is 55.6 Å². The lowest BCUT2D eigenvalue weighted by Gasteiger charge is -2.19. The van der Waals surface area contributed by atoms with Crippen LogP contribution in [0.4, 0.5) is 4.39 Å². The average Bonchev–Trinajstić information content (AvgIpc) is 3.70. The first kappa shape index (κ1) is 30.4. The van der Waals surface area contributed by atoms with Gasteiger partial charge >= 0.3 is 5.97 Å². The Balaban J connectivity index is 1.36. The Hall–Kier alpha value is -5.06. The molecule has 11 heteroatoms. The van der Waals surface area contributed by atoms with Gasteiger partial charge in [0.15, 0.2) is 17.3 Å². The Morgan fingerprint density at radius 3 is 2.11 bits per heavy atom. The van der Waals surface area contributed by atoms with E-state index < -0.39 is 17.7 Å². The maximum atomic E-state index is 16.1. The number of hydrogen-bond acceptors (Lipinski definition) is 9. The van der Waals surface area contributed by atoms with Crippen molar-refractivity contribution in [2.45, 2.75) is 32.5 Å². The number of benzene rings is 3. The zero-order valence-corrected chi connectivity index (χ0v) is 24.9. The minimum absolute atomic E-state index is 0.0298. The molecule has 1 aromatic heterocycles. The minimum Gasteiger partial charge on any atom is -0.497 e. The van der Waals surface area contributed by atoms with Crippen molar-refractivity contribution in [1.29, 1.82) is 0 Å². The molecular weight excluding hydrogens is 571 g/mol. The molecule has 44 heavy (non-hydrogen) atoms. The van der Waals surface area contributed by atoms with Crippen LogP contribution in [0.25, 0.3) is 0 Å². The van der Waals surface area contributed by atoms with Gasteiger partial charge in [-0.3, -0.25) is 4.79 Å². The molecule has 4 aromatic rings. The summed E-state index contributed by atoms with van der Waals surface area (Å²) in [6.45, 7) is 2.56. The largest absolute Gasteiger partial charge is 0.497 e. The van der Waals surface area contributed by atoms with E-state index in [0.29, 0.717) is 35.7 Å². The van der Waals surface area contributed by atoms with E-state index in [0.717, 1.165) is 11.1 Å². The summed E-state index contributed by atoms with van der Waals surface area (Å²) < 4.78 is 48.4. The van der Waals surface area contributed by atoms with Crippen LogP contribution in [-0.4, -0.2) is 56.4 Å². The molecule has 2 heterocycles. The van der Waals surface area contributed by atoms with Crippen LogP contribution in [-0.2, 0) is 18.0 Å². The van der Waals surface area contributed by atoms with E-state index in [-0.39, 0.29) is 48.5 Å². The van der Waals surface area contributed by atoms with Gasteiger partial charge in [0.2, 0.25) is 5.76 Å². The smallest absolute Gasteiger partial charge is 0.377 e. The summed E-state index contributed by atoms with van der Waals surface area (Å²) in [6, 6.07) is 17.4. The fraction of sp³-hybridized carbons (Fsp3) is 0.303. The van der Waals surface area contributed by atoms with E-state index in [1.54, 1.807) is 44.2 Å². The number of aromatic nitrogens is 1. The van der Waals surface area contributed by atoms with E-state index >= 15 is 4.39 Å². The van der Waals surface area contributed by atoms with Crippen molar-refractivity contribution in [2.24, 2.45) is 0 Å². The molecular formula is C33H33FN2O8. The minimum atomic E-state index is -0.815. The second-order valence-corrected chi connectivity index (χ2v) is 10.3. The van der Waals surface area contributed by atoms with Gasteiger partial charge in [-0.2, -0.15) is 0 Å². The van der Waals surface area contributed by atoms with Crippen LogP contribution in [0.2, 0.25) is 0 Å². The van der Waals surface area contributed by atoms with E-state index in [1.165, 1.54) is 13.2 Å². The Kier molecular flexibility index (Phi) is 9.32. The monoisotopic (exact) mass is 604 g/mol. The molecule has 0 spiro atoms. The standard InChI is InChI=1S/C33H33FN2O8/c1-20-29(35-44-30(20)33(38)41-4)23-15-16-36(17-23)32(37)26-13-14-27(42-18-21-5-9-24(39-2)10-6-21)31(28(26)34)43-19-22-7-11-25(40-3)12-8-22/h5-14,23H,15-19H2,1-4H3/t23-/m1/s1. The molecule has 1 saturated heterocycles. The number of halogens is 1. The molecule has 1 aliphatic rings. The molecule has 1 aliphatic heterocycles. The van der Waals surface area contributed by atoms with Crippen molar-refractivity contribution < 1.29 is 42.2 Å². The van der Waals surface area contributed by atoms with Crippen molar-refractivity contribution in [3.05, 3.63) is 100 Å². The lowest BCUT2D eigenvalue weighted by atomic mass is 10.0. The van der Waals surface area contributed by atoms with Gasteiger partial charge in [0, 0.05) is 24.6 Å². The van der Waals surface area contributed by atoms with Crippen LogP contribution in [0.15, 0.2) is 65.2 Å². The number of carbonyl (C=O) groups excluding carboxylic acids is 2. The van der Waals surface area contributed by atoms with Crippen molar-refractivity contribution in [3.63, 3.8) is 0 Å². The highest BCUT2D eigenvalue weighted by Crippen LogP contribution is 2.36. The number of amides is 1. The predicted octanol–water partition coefficient (Wildman–Crippen LogP) is 5.71. The van der Waals surface area contributed by atoms with Gasteiger partial charge in [0.25, 0.3) is 5.91 Å². The molecule has 3 aromatic carbocycles. The average molecular weight is 605 g/mol. The lowest BCUT2D eigenvalue weighted by Crippen LogP contribution is -2.29. The predicted molar refractivity (Wildman–Crippen MR) is 157 cm³/mol. The number of esters is 1. The molecule has 10 nitrogen and oxygen atoms in total. The number of nitrogens with zero attached hydrogens (tertiary/aromatic N) is 2. The highest BCUT2D eigenvalue weighted by Gasteiger charge is 2.34. The van der Waals surface area contributed by atoms with Gasteiger partial charge in [0.05, 0.1) is 32.6 Å². The van der Waals surface area contributed by atoms with Gasteiger partial charge in [-0.05, 0) is 60.9 Å². The van der Waals surface area contributed by atoms with Crippen molar-refractivity contribution in [2.75, 3.05) is 34.4 Å². The van der Waals surface area contributed by atoms with Crippen LogP contribution in [0.5, 0.6) is 23.0 Å². The Labute approximate surface area is 254 Å². The summed E-state index contributed by atoms with van der Waals surface area (Å²) in [6.07, 6.45) is 0.575. The van der Waals surface area contributed by atoms with Gasteiger partial charge in [-0.1, -0.05) is 29.4 Å². The summed E-state index contributed by atoms with van der Waals surface area (Å²) >= 11 is 0. The van der Waals surface area contributed by atoms with Crippen molar-refractivity contribution >= 4 is 11.9 Å². The van der Waals surface area contributed by atoms with Crippen molar-refractivity contribution in [1.82, 2.24) is 10.1 Å². The number of ether oxygens (including phenoxy) is 5. The highest BCUT2D eigenvalue weighted by atomic mass is 19.1. The molecule has 0 saturated carbocycles. The summed E-state index contributed by atoms with van der Waals surface area (Å²) in [5.41, 5.74) is 2.62. The Morgan fingerprint density at radius 1 is 0.909 bits per heavy atom. The fourth-order valence-corrected chi connectivity index (χ4v) is 5.06. The third-order valence-corrected chi connectivity index (χ3v) is 7.58. The molecule has 0 unspecified atom stereocenters. The van der Waals surface area contributed by atoms with Gasteiger partial charge in [-0.25, -0.2) is 9.18 Å². The molecule has 1 atom stereocenters. The van der Waals surface area contributed by atoms with Crippen molar-refractivity contribution in [3.8, 4) is 23.0 Å². The number of methoxy groups -OCH3 is 3. The SMILES string of the molecule is COC(=O)c1onc([C@@H]2CCN(C(=O)c3ccc(OCc4ccc(OC)cc4)c(OCc4ccc(OC)cc4)c3F)C2)c1C. The number of rotatable bonds is 11. The van der Waals surface area contributed by atoms with Gasteiger partial charge < -0.3 is 33.1 Å². The number of carbonyl (C=O) groups is 2. The van der Waals surface area contributed by atoms with Gasteiger partial charge in [-0.15, -0.1) is 0 Å². The second kappa shape index (κ2) is 13.5. The van der Waals surface area contributed by atoms with E-state index in [1.807, 2.05) is 36.4 Å². The molecule has 0 radical (unpaired) electrons. The number of likely N-dealkylation sites (tertiary alicyclic amines) is 1. The third-order valence-electron chi connectivity index (χ3n) is 7.58. The lowest BCUT2D eigenvalue weighted by molar-refractivity contribution is 0.0553. The first-order valence-corrected chi connectivity index (χ1v) is 14.0. The molecule has 230 valence electrons. The third kappa shape index (κ3) is 6.46. The maximum Gasteiger partial charge on any atom is 0.377 e. The summed E-state index contributed by atoms with van der Waals surface area (Å²) in [4.78, 5) is 27.1. The topological polar surface area (TPSA) is 110 Å². The summed E-state index contributed by atoms with van der Waals surface area (Å²) in [5.74, 6) is -0.683. The van der Waals surface area contributed by atoms with E-state index in [4.69, 9.17) is 28.2 Å². The molecule has 0 aliphatic carbocycles. The normalized spacial score (nSPS) is 14.3. The fourth-order valence-electron chi connectivity index (χ4n) is 5.06. The highest BCUT2D eigenvalue weighted by molar-refractivity contribution is 5.95. The Bertz CT molecular complexity index is 1620. The Morgan fingerprint density at radius 2 is 1.52 bits per heavy atom. The van der Waals surface area contributed by atoms with Crippen LogP contribution < -0.4 is 18.9 Å². The molecule has 5 rings (SSSR count). The first-order valence-electron chi connectivity index (χ1n) is 14.0. The van der Waals surface area contributed by atoms with E-state index in [9.17, 15) is 9.59 Å². The second-order valence-electron chi connectivity index (χ2n) is 10.3. The van der Waals surface area contributed by atoms with Crippen LogP contribution >= 0.6 is 0 Å². The molecule has 1 fully saturated rings. The molecule has 0 N–H and O–H groups in total. The maximum absolute atomic E-state index is 16.1. The molecule has 1 amide bonds. The summed E-state index contributed by atoms with van der Waals surface area (Å²) in [5, 5.41) is 4.06. The summed E-state index contributed by atoms with van der Waals surface area (Å²) in [7, 11) is 4.42. The van der Waals surface area contributed by atoms with E-state index in [2.05, 4.69) is 5.16 Å².